The van der Waals surface area contributed by atoms with Crippen molar-refractivity contribution in [2.24, 2.45) is 0 Å². The number of fused-ring (bicyclic) bond motifs is 1. The van der Waals surface area contributed by atoms with Gasteiger partial charge in [-0.3, -0.25) is 4.79 Å². The average molecular weight is 365 g/mol. The maximum atomic E-state index is 12.5. The van der Waals surface area contributed by atoms with Crippen molar-refractivity contribution in [3.05, 3.63) is 71.9 Å². The summed E-state index contributed by atoms with van der Waals surface area (Å²) in [6, 6.07) is 17.4. The van der Waals surface area contributed by atoms with E-state index in [2.05, 4.69) is 10.3 Å². The van der Waals surface area contributed by atoms with Crippen molar-refractivity contribution in [2.45, 2.75) is 19.1 Å². The Hall–Kier alpha value is -3.28. The highest BCUT2D eigenvalue weighted by molar-refractivity contribution is 5.86. The molecule has 0 saturated heterocycles. The molecule has 0 unspecified atom stereocenters. The number of nitrogens with zero attached hydrogens (tertiary/aromatic N) is 1. The van der Waals surface area contributed by atoms with Crippen molar-refractivity contribution in [2.75, 3.05) is 14.1 Å². The van der Waals surface area contributed by atoms with E-state index >= 15 is 0 Å². The second-order valence-electron chi connectivity index (χ2n) is 6.53. The van der Waals surface area contributed by atoms with Crippen molar-refractivity contribution in [1.82, 2.24) is 15.2 Å². The van der Waals surface area contributed by atoms with Gasteiger partial charge >= 0.3 is 6.09 Å². The first-order valence-electron chi connectivity index (χ1n) is 8.79. The highest BCUT2D eigenvalue weighted by Crippen LogP contribution is 2.20. The summed E-state index contributed by atoms with van der Waals surface area (Å²) in [4.78, 5) is 29.4. The minimum Gasteiger partial charge on any atom is -0.436 e. The van der Waals surface area contributed by atoms with Gasteiger partial charge in [0.1, 0.15) is 0 Å². The number of H-pyrrole nitrogens is 1. The molecule has 1 atom stereocenters. The van der Waals surface area contributed by atoms with E-state index < -0.39 is 12.2 Å². The summed E-state index contributed by atoms with van der Waals surface area (Å²) >= 11 is 0. The lowest BCUT2D eigenvalue weighted by atomic mass is 10.1. The van der Waals surface area contributed by atoms with Crippen LogP contribution in [0.25, 0.3) is 10.9 Å². The Morgan fingerprint density at radius 3 is 2.52 bits per heavy atom. The Bertz CT molecular complexity index is 919. The Morgan fingerprint density at radius 1 is 1.07 bits per heavy atom. The summed E-state index contributed by atoms with van der Waals surface area (Å²) in [5, 5.41) is 3.72. The van der Waals surface area contributed by atoms with Crippen LogP contribution in [0.5, 0.6) is 0 Å². The van der Waals surface area contributed by atoms with Crippen LogP contribution in [0.3, 0.4) is 0 Å². The van der Waals surface area contributed by atoms with Gasteiger partial charge in [0.15, 0.2) is 6.10 Å². The average Bonchev–Trinajstić information content (AvgIpc) is 3.09. The fraction of sp³-hybridized carbons (Fsp3) is 0.238. The van der Waals surface area contributed by atoms with Crippen LogP contribution in [0.1, 0.15) is 11.1 Å². The van der Waals surface area contributed by atoms with E-state index in [1.165, 1.54) is 4.90 Å². The smallest absolute Gasteiger partial charge is 0.408 e. The van der Waals surface area contributed by atoms with E-state index in [9.17, 15) is 9.59 Å². The molecule has 6 heteroatoms. The molecule has 27 heavy (non-hydrogen) atoms. The Balaban J connectivity index is 1.69. The van der Waals surface area contributed by atoms with E-state index in [0.717, 1.165) is 22.0 Å². The molecule has 2 amide bonds. The number of rotatable bonds is 6. The molecule has 6 nitrogen and oxygen atoms in total. The molecule has 0 aliphatic carbocycles. The summed E-state index contributed by atoms with van der Waals surface area (Å²) in [7, 11) is 3.30. The molecule has 0 saturated carbocycles. The molecular weight excluding hydrogens is 342 g/mol. The number of nitrogens with one attached hydrogen (secondary N) is 2. The first-order valence-corrected chi connectivity index (χ1v) is 8.79. The number of para-hydroxylation sites is 1. The fourth-order valence-corrected chi connectivity index (χ4v) is 2.91. The number of alkyl carbamates (subject to hydrolysis) is 1. The third-order valence-electron chi connectivity index (χ3n) is 4.33. The lowest BCUT2D eigenvalue weighted by molar-refractivity contribution is -0.137. The molecule has 1 heterocycles. The first kappa shape index (κ1) is 18.5. The van der Waals surface area contributed by atoms with Crippen LogP contribution in [0.15, 0.2) is 60.8 Å². The summed E-state index contributed by atoms with van der Waals surface area (Å²) in [6.07, 6.45) is 0.653. The highest BCUT2D eigenvalue weighted by atomic mass is 16.6. The van der Waals surface area contributed by atoms with Crippen LogP contribution in [0.4, 0.5) is 4.79 Å². The highest BCUT2D eigenvalue weighted by Gasteiger charge is 2.26. The quantitative estimate of drug-likeness (QED) is 0.705. The first-order chi connectivity index (χ1) is 13.0. The number of ether oxygens (including phenoxy) is 1. The predicted octanol–water partition coefficient (Wildman–Crippen LogP) is 3.09. The number of carbonyl (C=O) groups is 2. The van der Waals surface area contributed by atoms with Gasteiger partial charge in [-0.25, -0.2) is 4.79 Å². The summed E-state index contributed by atoms with van der Waals surface area (Å²) in [5.41, 5.74) is 2.88. The molecule has 140 valence electrons. The molecule has 3 rings (SSSR count). The molecule has 0 aliphatic rings. The molecule has 1 aromatic heterocycles. The number of hydrogen-bond donors (Lipinski definition) is 2. The number of amides is 2. The molecule has 2 aromatic carbocycles. The van der Waals surface area contributed by atoms with Crippen molar-refractivity contribution < 1.29 is 14.3 Å². The number of likely N-dealkylation sites (N-methyl/N-ethyl adjacent to an activating group) is 1. The molecule has 3 aromatic rings. The third kappa shape index (κ3) is 4.67. The van der Waals surface area contributed by atoms with Gasteiger partial charge in [0.25, 0.3) is 5.91 Å². The molecule has 2 N–H and O–H groups in total. The van der Waals surface area contributed by atoms with Gasteiger partial charge < -0.3 is 19.9 Å². The Kier molecular flexibility index (Phi) is 5.76. The Morgan fingerprint density at radius 2 is 1.78 bits per heavy atom. The van der Waals surface area contributed by atoms with Crippen LogP contribution < -0.4 is 5.32 Å². The van der Waals surface area contributed by atoms with Gasteiger partial charge in [-0.05, 0) is 17.2 Å². The number of carbonyl (C=O) groups excluding carboxylic acids is 2. The van der Waals surface area contributed by atoms with E-state index in [1.807, 2.05) is 60.8 Å². The lowest BCUT2D eigenvalue weighted by Gasteiger charge is -2.21. The normalized spacial score (nSPS) is 11.8. The zero-order chi connectivity index (χ0) is 19.2. The summed E-state index contributed by atoms with van der Waals surface area (Å²) in [6.45, 7) is 0.343. The predicted molar refractivity (Wildman–Crippen MR) is 104 cm³/mol. The van der Waals surface area contributed by atoms with Gasteiger partial charge in [-0.15, -0.1) is 0 Å². The van der Waals surface area contributed by atoms with Gasteiger partial charge in [0.05, 0.1) is 0 Å². The van der Waals surface area contributed by atoms with Gasteiger partial charge in [-0.1, -0.05) is 48.5 Å². The van der Waals surface area contributed by atoms with Gasteiger partial charge in [-0.2, -0.15) is 0 Å². The van der Waals surface area contributed by atoms with Gasteiger partial charge in [0, 0.05) is 44.2 Å². The van der Waals surface area contributed by atoms with E-state index in [0.29, 0.717) is 13.0 Å². The van der Waals surface area contributed by atoms with Crippen LogP contribution in [-0.4, -0.2) is 42.1 Å². The second-order valence-corrected chi connectivity index (χ2v) is 6.53. The largest absolute Gasteiger partial charge is 0.436 e. The van der Waals surface area contributed by atoms with Crippen molar-refractivity contribution in [3.8, 4) is 0 Å². The second kappa shape index (κ2) is 8.40. The monoisotopic (exact) mass is 365 g/mol. The standard InChI is InChI=1S/C21H23N3O3/c1-24(2)20(25)19(12-16-14-22-18-11-7-6-10-17(16)18)27-21(26)23-13-15-8-4-3-5-9-15/h3-11,14,19,22H,12-13H2,1-2H3,(H,23,26)/t19-/m0/s1. The van der Waals surface area contributed by atoms with Crippen LogP contribution in [-0.2, 0) is 22.5 Å². The minimum absolute atomic E-state index is 0.254. The van der Waals surface area contributed by atoms with Crippen molar-refractivity contribution in [1.29, 1.82) is 0 Å². The molecule has 0 aliphatic heterocycles. The zero-order valence-electron chi connectivity index (χ0n) is 15.4. The lowest BCUT2D eigenvalue weighted by Crippen LogP contribution is -2.40. The zero-order valence-corrected chi connectivity index (χ0v) is 15.4. The minimum atomic E-state index is -0.894. The number of aromatic amines is 1. The Labute approximate surface area is 158 Å². The molecule has 0 bridgehead atoms. The van der Waals surface area contributed by atoms with Crippen LogP contribution in [0.2, 0.25) is 0 Å². The third-order valence-corrected chi connectivity index (χ3v) is 4.33. The van der Waals surface area contributed by atoms with E-state index in [4.69, 9.17) is 4.74 Å². The summed E-state index contributed by atoms with van der Waals surface area (Å²) in [5.74, 6) is -0.254. The van der Waals surface area contributed by atoms with Gasteiger partial charge in [0.2, 0.25) is 0 Å². The van der Waals surface area contributed by atoms with E-state index in [-0.39, 0.29) is 5.91 Å². The molecule has 0 fully saturated rings. The van der Waals surface area contributed by atoms with Crippen LogP contribution in [0, 0.1) is 0 Å². The maximum absolute atomic E-state index is 12.5. The van der Waals surface area contributed by atoms with Crippen LogP contribution >= 0.6 is 0 Å². The number of aromatic nitrogens is 1. The van der Waals surface area contributed by atoms with Crippen molar-refractivity contribution in [3.63, 3.8) is 0 Å². The van der Waals surface area contributed by atoms with Crippen molar-refractivity contribution >= 4 is 22.9 Å². The summed E-state index contributed by atoms with van der Waals surface area (Å²) < 4.78 is 5.46. The van der Waals surface area contributed by atoms with E-state index in [1.54, 1.807) is 14.1 Å². The fourth-order valence-electron chi connectivity index (χ4n) is 2.91. The SMILES string of the molecule is CN(C)C(=O)[C@H](Cc1c[nH]c2ccccc12)OC(=O)NCc1ccccc1. The number of hydrogen-bond acceptors (Lipinski definition) is 3. The number of benzene rings is 2. The molecular formula is C21H23N3O3. The molecule has 0 spiro atoms. The topological polar surface area (TPSA) is 74.4 Å². The molecule has 0 radical (unpaired) electrons. The maximum Gasteiger partial charge on any atom is 0.408 e.